The number of amides is 1. The van der Waals surface area contributed by atoms with Crippen LogP contribution in [0.2, 0.25) is 0 Å². The highest BCUT2D eigenvalue weighted by atomic mass is 19.4. The number of methoxy groups -OCH3 is 1. The molecule has 1 amide bonds. The molecule has 1 aliphatic rings. The van der Waals surface area contributed by atoms with E-state index in [0.717, 1.165) is 24.8 Å². The highest BCUT2D eigenvalue weighted by Gasteiger charge is 2.35. The number of esters is 1. The molecule has 210 valence electrons. The zero-order valence-corrected chi connectivity index (χ0v) is 22.6. The van der Waals surface area contributed by atoms with Gasteiger partial charge in [-0.2, -0.15) is 0 Å². The third kappa shape index (κ3) is 6.82. The predicted molar refractivity (Wildman–Crippen MR) is 141 cm³/mol. The second-order valence-electron chi connectivity index (χ2n) is 11.0. The molecule has 39 heavy (non-hydrogen) atoms. The Morgan fingerprint density at radius 2 is 1.85 bits per heavy atom. The molecule has 0 radical (unpaired) electrons. The Bertz CT molecular complexity index is 1350. The zero-order chi connectivity index (χ0) is 28.5. The quantitative estimate of drug-likeness (QED) is 0.350. The van der Waals surface area contributed by atoms with Gasteiger partial charge in [-0.05, 0) is 73.1 Å². The van der Waals surface area contributed by atoms with E-state index in [1.807, 2.05) is 6.07 Å². The van der Waals surface area contributed by atoms with Crippen LogP contribution in [-0.4, -0.2) is 53.4 Å². The molecule has 8 nitrogen and oxygen atoms in total. The standard InChI is InChI=1S/C28H33F3N4O4/c1-17-12-20(15-27(2,3)14-17)35-23-11-6-18(25(37)34(4)16-24(36)38-5)13-22(23)33-26(35)32-19-7-9-21(10-8-19)39-28(29,30)31/h6-11,13,17,20H,12,14-16H2,1-5H3,(H,32,33). The van der Waals surface area contributed by atoms with E-state index in [0.29, 0.717) is 28.6 Å². The summed E-state index contributed by atoms with van der Waals surface area (Å²) >= 11 is 0. The summed E-state index contributed by atoms with van der Waals surface area (Å²) < 4.78 is 48.5. The minimum absolute atomic E-state index is 0.110. The van der Waals surface area contributed by atoms with Gasteiger partial charge >= 0.3 is 12.3 Å². The number of carbonyl (C=O) groups is 2. The van der Waals surface area contributed by atoms with E-state index in [1.54, 1.807) is 12.1 Å². The third-order valence-corrected chi connectivity index (χ3v) is 6.95. The predicted octanol–water partition coefficient (Wildman–Crippen LogP) is 6.31. The highest BCUT2D eigenvalue weighted by Crippen LogP contribution is 2.46. The van der Waals surface area contributed by atoms with Crippen molar-refractivity contribution in [3.05, 3.63) is 48.0 Å². The molecule has 1 saturated carbocycles. The normalized spacial score (nSPS) is 19.0. The average molecular weight is 547 g/mol. The molecule has 2 atom stereocenters. The van der Waals surface area contributed by atoms with Gasteiger partial charge in [-0.15, -0.1) is 13.2 Å². The first-order chi connectivity index (χ1) is 18.2. The van der Waals surface area contributed by atoms with Gasteiger partial charge in [0.1, 0.15) is 12.3 Å². The Morgan fingerprint density at radius 1 is 1.15 bits per heavy atom. The molecule has 1 N–H and O–H groups in total. The largest absolute Gasteiger partial charge is 0.573 e. The van der Waals surface area contributed by atoms with Crippen molar-refractivity contribution >= 4 is 34.5 Å². The number of hydrogen-bond acceptors (Lipinski definition) is 6. The number of halogens is 3. The van der Waals surface area contributed by atoms with Crippen LogP contribution in [-0.2, 0) is 9.53 Å². The lowest BCUT2D eigenvalue weighted by Crippen LogP contribution is -2.32. The summed E-state index contributed by atoms with van der Waals surface area (Å²) in [7, 11) is 2.78. The molecule has 0 saturated heterocycles. The number of anilines is 2. The van der Waals surface area contributed by atoms with E-state index < -0.39 is 12.3 Å². The van der Waals surface area contributed by atoms with Crippen LogP contribution in [0.4, 0.5) is 24.8 Å². The van der Waals surface area contributed by atoms with Crippen LogP contribution in [0.15, 0.2) is 42.5 Å². The smallest absolute Gasteiger partial charge is 0.468 e. The highest BCUT2D eigenvalue weighted by molar-refractivity contribution is 5.99. The van der Waals surface area contributed by atoms with Crippen molar-refractivity contribution in [2.24, 2.45) is 11.3 Å². The van der Waals surface area contributed by atoms with Gasteiger partial charge in [-0.25, -0.2) is 4.98 Å². The number of nitrogens with zero attached hydrogens (tertiary/aromatic N) is 3. The third-order valence-electron chi connectivity index (χ3n) is 6.95. The summed E-state index contributed by atoms with van der Waals surface area (Å²) in [5.74, 6) is -0.182. The first-order valence-electron chi connectivity index (χ1n) is 12.7. The molecule has 2 unspecified atom stereocenters. The van der Waals surface area contributed by atoms with Crippen molar-refractivity contribution in [2.75, 3.05) is 26.0 Å². The van der Waals surface area contributed by atoms with E-state index in [1.165, 1.54) is 43.3 Å². The average Bonchev–Trinajstić information content (AvgIpc) is 3.19. The maximum Gasteiger partial charge on any atom is 0.573 e. The SMILES string of the molecule is COC(=O)CN(C)C(=O)c1ccc2c(c1)nc(Nc1ccc(OC(F)(F)F)cc1)n2C1CC(C)CC(C)(C)C1. The first kappa shape index (κ1) is 28.3. The second kappa shape index (κ2) is 10.8. The molecule has 11 heteroatoms. The minimum Gasteiger partial charge on any atom is -0.468 e. The number of aromatic nitrogens is 2. The molecular formula is C28H33F3N4O4. The molecule has 0 aliphatic heterocycles. The van der Waals surface area contributed by atoms with Crippen molar-refractivity contribution in [2.45, 2.75) is 52.4 Å². The number of hydrogen-bond donors (Lipinski definition) is 1. The van der Waals surface area contributed by atoms with Crippen molar-refractivity contribution in [1.29, 1.82) is 0 Å². The first-order valence-corrected chi connectivity index (χ1v) is 12.7. The Hall–Kier alpha value is -3.76. The Morgan fingerprint density at radius 3 is 2.46 bits per heavy atom. The van der Waals surface area contributed by atoms with E-state index in [9.17, 15) is 22.8 Å². The molecule has 0 bridgehead atoms. The molecule has 3 aromatic rings. The Kier molecular flexibility index (Phi) is 7.81. The molecule has 1 aromatic heterocycles. The van der Waals surface area contributed by atoms with Gasteiger partial charge in [-0.3, -0.25) is 9.59 Å². The van der Waals surface area contributed by atoms with Gasteiger partial charge in [0.2, 0.25) is 5.95 Å². The van der Waals surface area contributed by atoms with Gasteiger partial charge in [0.15, 0.2) is 0 Å². The van der Waals surface area contributed by atoms with E-state index in [-0.39, 0.29) is 29.7 Å². The number of benzene rings is 2. The van der Waals surface area contributed by atoms with E-state index >= 15 is 0 Å². The minimum atomic E-state index is -4.77. The van der Waals surface area contributed by atoms with E-state index in [4.69, 9.17) is 4.98 Å². The number of carbonyl (C=O) groups excluding carboxylic acids is 2. The lowest BCUT2D eigenvalue weighted by molar-refractivity contribution is -0.274. The lowest BCUT2D eigenvalue weighted by Gasteiger charge is -2.40. The zero-order valence-electron chi connectivity index (χ0n) is 22.6. The van der Waals surface area contributed by atoms with Crippen LogP contribution in [0.5, 0.6) is 5.75 Å². The van der Waals surface area contributed by atoms with Crippen LogP contribution in [0.25, 0.3) is 11.0 Å². The summed E-state index contributed by atoms with van der Waals surface area (Å²) in [6.07, 6.45) is -1.82. The fraction of sp³-hybridized carbons (Fsp3) is 0.464. The topological polar surface area (TPSA) is 85.7 Å². The summed E-state index contributed by atoms with van der Waals surface area (Å²) in [4.78, 5) is 30.7. The maximum atomic E-state index is 13.0. The van der Waals surface area contributed by atoms with Crippen LogP contribution >= 0.6 is 0 Å². The van der Waals surface area contributed by atoms with Crippen molar-refractivity contribution < 1.29 is 32.2 Å². The van der Waals surface area contributed by atoms with Crippen LogP contribution in [0.3, 0.4) is 0 Å². The van der Waals surface area contributed by atoms with Crippen LogP contribution in [0.1, 0.15) is 56.4 Å². The molecular weight excluding hydrogens is 513 g/mol. The molecule has 4 rings (SSSR count). The van der Waals surface area contributed by atoms with Crippen molar-refractivity contribution in [3.8, 4) is 5.75 Å². The number of likely N-dealkylation sites (N-methyl/N-ethyl adjacent to an activating group) is 1. The summed E-state index contributed by atoms with van der Waals surface area (Å²) in [6, 6.07) is 10.8. The maximum absolute atomic E-state index is 13.0. The van der Waals surface area contributed by atoms with Crippen LogP contribution in [0, 0.1) is 11.3 Å². The number of nitrogens with one attached hydrogen (secondary N) is 1. The number of alkyl halides is 3. The van der Waals surface area contributed by atoms with Gasteiger partial charge < -0.3 is 24.3 Å². The number of rotatable bonds is 7. The van der Waals surface area contributed by atoms with Gasteiger partial charge in [0, 0.05) is 24.3 Å². The molecule has 0 spiro atoms. The second-order valence-corrected chi connectivity index (χ2v) is 11.0. The van der Waals surface area contributed by atoms with Gasteiger partial charge in [0.25, 0.3) is 5.91 Å². The fourth-order valence-electron chi connectivity index (χ4n) is 5.60. The van der Waals surface area contributed by atoms with Gasteiger partial charge in [-0.1, -0.05) is 20.8 Å². The Labute approximate surface area is 225 Å². The van der Waals surface area contributed by atoms with Crippen molar-refractivity contribution in [1.82, 2.24) is 14.5 Å². The summed E-state index contributed by atoms with van der Waals surface area (Å²) in [5, 5.41) is 3.26. The van der Waals surface area contributed by atoms with E-state index in [2.05, 4.69) is 40.1 Å². The summed E-state index contributed by atoms with van der Waals surface area (Å²) in [6.45, 7) is 6.54. The number of fused-ring (bicyclic) bond motifs is 1. The number of ether oxygens (including phenoxy) is 2. The number of imidazole rings is 1. The lowest BCUT2D eigenvalue weighted by atomic mass is 9.70. The summed E-state index contributed by atoms with van der Waals surface area (Å²) in [5.41, 5.74) is 2.44. The fourth-order valence-corrected chi connectivity index (χ4v) is 5.60. The Balaban J connectivity index is 1.71. The van der Waals surface area contributed by atoms with Gasteiger partial charge in [0.05, 0.1) is 18.1 Å². The molecule has 2 aromatic carbocycles. The van der Waals surface area contributed by atoms with Crippen LogP contribution < -0.4 is 10.1 Å². The molecule has 1 heterocycles. The molecule has 1 fully saturated rings. The molecule has 1 aliphatic carbocycles. The van der Waals surface area contributed by atoms with Crippen molar-refractivity contribution in [3.63, 3.8) is 0 Å². The monoisotopic (exact) mass is 546 g/mol.